The molecule has 2 rings (SSSR count). The van der Waals surface area contributed by atoms with Gasteiger partial charge in [0.05, 0.1) is 21.3 Å². The maximum atomic E-state index is 13.2. The van der Waals surface area contributed by atoms with E-state index in [0.29, 0.717) is 35.9 Å². The summed E-state index contributed by atoms with van der Waals surface area (Å²) >= 11 is 0. The summed E-state index contributed by atoms with van der Waals surface area (Å²) in [5, 5.41) is 2.78. The molecule has 1 fully saturated rings. The van der Waals surface area contributed by atoms with Crippen LogP contribution in [0.1, 0.15) is 50.4 Å². The van der Waals surface area contributed by atoms with E-state index in [1.165, 1.54) is 21.3 Å². The molecule has 1 saturated heterocycles. The normalized spacial score (nSPS) is 16.8. The monoisotopic (exact) mass is 408 g/mol. The average molecular weight is 408 g/mol. The molecule has 0 spiro atoms. The summed E-state index contributed by atoms with van der Waals surface area (Å²) in [7, 11) is 4.55. The van der Waals surface area contributed by atoms with E-state index in [2.05, 4.69) is 5.32 Å². The number of methoxy groups -OCH3 is 3. The minimum absolute atomic E-state index is 0.108. The minimum atomic E-state index is -0.567. The quantitative estimate of drug-likeness (QED) is 0.778. The highest BCUT2D eigenvalue weighted by atomic mass is 16.6. The second-order valence-electron chi connectivity index (χ2n) is 7.94. The van der Waals surface area contributed by atoms with Gasteiger partial charge in [0.2, 0.25) is 5.75 Å². The van der Waals surface area contributed by atoms with Crippen LogP contribution in [-0.4, -0.2) is 63.0 Å². The fraction of sp³-hybridized carbons (Fsp3) is 0.619. The maximum absolute atomic E-state index is 13.2. The Morgan fingerprint density at radius 2 is 1.69 bits per heavy atom. The van der Waals surface area contributed by atoms with Crippen LogP contribution in [0.5, 0.6) is 17.2 Å². The number of nitrogens with one attached hydrogen (secondary N) is 1. The van der Waals surface area contributed by atoms with Crippen molar-refractivity contribution >= 4 is 12.0 Å². The number of alkyl carbamates (subject to hydrolysis) is 1. The summed E-state index contributed by atoms with van der Waals surface area (Å²) in [5.74, 6) is 1.15. The topological polar surface area (TPSA) is 86.3 Å². The highest BCUT2D eigenvalue weighted by Crippen LogP contribution is 2.38. The average Bonchev–Trinajstić information content (AvgIpc) is 2.69. The molecule has 0 aromatic heterocycles. The number of carbonyl (C=O) groups excluding carboxylic acids is 2. The van der Waals surface area contributed by atoms with Gasteiger partial charge in [0, 0.05) is 24.7 Å². The second kappa shape index (κ2) is 9.71. The third-order valence-electron chi connectivity index (χ3n) is 4.68. The van der Waals surface area contributed by atoms with Gasteiger partial charge in [-0.15, -0.1) is 0 Å². The first-order valence-electron chi connectivity index (χ1n) is 9.78. The zero-order valence-electron chi connectivity index (χ0n) is 18.2. The smallest absolute Gasteiger partial charge is 0.407 e. The number of rotatable bonds is 6. The van der Waals surface area contributed by atoms with Crippen LogP contribution in [-0.2, 0) is 4.74 Å². The summed E-state index contributed by atoms with van der Waals surface area (Å²) < 4.78 is 21.3. The fourth-order valence-electron chi connectivity index (χ4n) is 3.37. The Balaban J connectivity index is 2.18. The summed E-state index contributed by atoms with van der Waals surface area (Å²) in [4.78, 5) is 27.0. The number of hydrogen-bond acceptors (Lipinski definition) is 6. The van der Waals surface area contributed by atoms with Crippen molar-refractivity contribution in [1.82, 2.24) is 10.2 Å². The SMILES string of the molecule is COc1cc(C(=O)N2CCCCC2CNC(=O)OC(C)(C)C)cc(OC)c1OC. The summed E-state index contributed by atoms with van der Waals surface area (Å²) in [6.45, 7) is 6.40. The number of carbonyl (C=O) groups is 2. The van der Waals surface area contributed by atoms with Gasteiger partial charge >= 0.3 is 6.09 Å². The van der Waals surface area contributed by atoms with Crippen molar-refractivity contribution in [2.24, 2.45) is 0 Å². The van der Waals surface area contributed by atoms with Crippen LogP contribution >= 0.6 is 0 Å². The predicted octanol–water partition coefficient (Wildman–Crippen LogP) is 3.23. The lowest BCUT2D eigenvalue weighted by Crippen LogP contribution is -2.50. The van der Waals surface area contributed by atoms with Gasteiger partial charge in [-0.1, -0.05) is 0 Å². The van der Waals surface area contributed by atoms with Crippen molar-refractivity contribution in [3.05, 3.63) is 17.7 Å². The van der Waals surface area contributed by atoms with Gasteiger partial charge < -0.3 is 29.2 Å². The highest BCUT2D eigenvalue weighted by molar-refractivity contribution is 5.96. The number of benzene rings is 1. The Labute approximate surface area is 172 Å². The molecule has 0 radical (unpaired) electrons. The van der Waals surface area contributed by atoms with Crippen molar-refractivity contribution in [2.45, 2.75) is 51.7 Å². The molecule has 8 heteroatoms. The number of hydrogen-bond donors (Lipinski definition) is 1. The standard InChI is InChI=1S/C21H32N2O6/c1-21(2,3)29-20(25)22-13-15-9-7-8-10-23(15)19(24)14-11-16(26-4)18(28-6)17(12-14)27-5/h11-12,15H,7-10,13H2,1-6H3,(H,22,25). The Bertz CT molecular complexity index is 703. The van der Waals surface area contributed by atoms with E-state index in [1.54, 1.807) is 17.0 Å². The van der Waals surface area contributed by atoms with Crippen LogP contribution in [0.25, 0.3) is 0 Å². The molecule has 2 amide bonds. The van der Waals surface area contributed by atoms with Crippen LogP contribution in [0.15, 0.2) is 12.1 Å². The highest BCUT2D eigenvalue weighted by Gasteiger charge is 2.30. The maximum Gasteiger partial charge on any atom is 0.407 e. The van der Waals surface area contributed by atoms with E-state index < -0.39 is 11.7 Å². The Morgan fingerprint density at radius 1 is 1.07 bits per heavy atom. The van der Waals surface area contributed by atoms with E-state index >= 15 is 0 Å². The predicted molar refractivity (Wildman–Crippen MR) is 109 cm³/mol. The Hall–Kier alpha value is -2.64. The van der Waals surface area contributed by atoms with Crippen molar-refractivity contribution in [3.8, 4) is 17.2 Å². The first-order valence-corrected chi connectivity index (χ1v) is 9.78. The molecule has 1 N–H and O–H groups in total. The molecular formula is C21H32N2O6. The van der Waals surface area contributed by atoms with Gasteiger partial charge in [0.1, 0.15) is 5.60 Å². The Morgan fingerprint density at radius 3 is 2.21 bits per heavy atom. The molecule has 8 nitrogen and oxygen atoms in total. The van der Waals surface area contributed by atoms with Crippen molar-refractivity contribution < 1.29 is 28.5 Å². The second-order valence-corrected chi connectivity index (χ2v) is 7.94. The third kappa shape index (κ3) is 5.92. The van der Waals surface area contributed by atoms with Gasteiger partial charge in [0.15, 0.2) is 11.5 Å². The molecule has 0 saturated carbocycles. The third-order valence-corrected chi connectivity index (χ3v) is 4.68. The molecule has 0 aliphatic carbocycles. The van der Waals surface area contributed by atoms with E-state index in [4.69, 9.17) is 18.9 Å². The lowest BCUT2D eigenvalue weighted by atomic mass is 10.0. The van der Waals surface area contributed by atoms with Crippen molar-refractivity contribution in [3.63, 3.8) is 0 Å². The fourth-order valence-corrected chi connectivity index (χ4v) is 3.37. The van der Waals surface area contributed by atoms with E-state index in [1.807, 2.05) is 20.8 Å². The molecule has 1 unspecified atom stereocenters. The van der Waals surface area contributed by atoms with E-state index in [0.717, 1.165) is 19.3 Å². The number of nitrogens with zero attached hydrogens (tertiary/aromatic N) is 1. The zero-order chi connectivity index (χ0) is 21.6. The summed E-state index contributed by atoms with van der Waals surface area (Å²) in [5.41, 5.74) is -0.119. The van der Waals surface area contributed by atoms with Crippen LogP contribution < -0.4 is 19.5 Å². The van der Waals surface area contributed by atoms with Gasteiger partial charge in [-0.2, -0.15) is 0 Å². The van der Waals surface area contributed by atoms with E-state index in [-0.39, 0.29) is 11.9 Å². The van der Waals surface area contributed by atoms with Crippen LogP contribution in [0.3, 0.4) is 0 Å². The molecule has 1 aliphatic heterocycles. The molecule has 29 heavy (non-hydrogen) atoms. The molecule has 162 valence electrons. The number of piperidine rings is 1. The molecule has 1 atom stereocenters. The van der Waals surface area contributed by atoms with Gasteiger partial charge in [-0.05, 0) is 52.2 Å². The molecular weight excluding hydrogens is 376 g/mol. The lowest BCUT2D eigenvalue weighted by molar-refractivity contribution is 0.0462. The molecule has 0 bridgehead atoms. The molecule has 1 aromatic rings. The first-order chi connectivity index (χ1) is 13.7. The molecule has 1 heterocycles. The molecule has 1 aromatic carbocycles. The van der Waals surface area contributed by atoms with Gasteiger partial charge in [-0.25, -0.2) is 4.79 Å². The number of amides is 2. The largest absolute Gasteiger partial charge is 0.493 e. The van der Waals surface area contributed by atoms with Gasteiger partial charge in [0.25, 0.3) is 5.91 Å². The van der Waals surface area contributed by atoms with Crippen molar-refractivity contribution in [2.75, 3.05) is 34.4 Å². The summed E-state index contributed by atoms with van der Waals surface area (Å²) in [6.07, 6.45) is 2.24. The van der Waals surface area contributed by atoms with E-state index in [9.17, 15) is 9.59 Å². The Kier molecular flexibility index (Phi) is 7.59. The molecule has 1 aliphatic rings. The number of ether oxygens (including phenoxy) is 4. The summed E-state index contributed by atoms with van der Waals surface area (Å²) in [6, 6.07) is 3.19. The van der Waals surface area contributed by atoms with Crippen LogP contribution in [0.4, 0.5) is 4.79 Å². The van der Waals surface area contributed by atoms with Crippen LogP contribution in [0, 0.1) is 0 Å². The van der Waals surface area contributed by atoms with Gasteiger partial charge in [-0.3, -0.25) is 4.79 Å². The lowest BCUT2D eigenvalue weighted by Gasteiger charge is -2.36. The first kappa shape index (κ1) is 22.6. The number of likely N-dealkylation sites (tertiary alicyclic amines) is 1. The minimum Gasteiger partial charge on any atom is -0.493 e. The van der Waals surface area contributed by atoms with Crippen molar-refractivity contribution in [1.29, 1.82) is 0 Å². The van der Waals surface area contributed by atoms with Crippen LogP contribution in [0.2, 0.25) is 0 Å². The zero-order valence-corrected chi connectivity index (χ0v) is 18.2.